The van der Waals surface area contributed by atoms with E-state index in [2.05, 4.69) is 15.5 Å². The van der Waals surface area contributed by atoms with E-state index < -0.39 is 12.1 Å². The number of hydrogen-bond acceptors (Lipinski definition) is 6. The van der Waals surface area contributed by atoms with Gasteiger partial charge in [-0.15, -0.1) is 0 Å². The predicted molar refractivity (Wildman–Crippen MR) is 156 cm³/mol. The van der Waals surface area contributed by atoms with E-state index in [-0.39, 0.29) is 43.8 Å². The van der Waals surface area contributed by atoms with Crippen LogP contribution in [0.1, 0.15) is 52.4 Å². The molecule has 41 heavy (non-hydrogen) atoms. The lowest BCUT2D eigenvalue weighted by Gasteiger charge is -2.26. The van der Waals surface area contributed by atoms with Crippen molar-refractivity contribution in [1.82, 2.24) is 10.2 Å². The average Bonchev–Trinajstić information content (AvgIpc) is 3.63. The molecule has 0 radical (unpaired) electrons. The van der Waals surface area contributed by atoms with Crippen LogP contribution in [0.3, 0.4) is 0 Å². The summed E-state index contributed by atoms with van der Waals surface area (Å²) in [4.78, 5) is 30.6. The fourth-order valence-electron chi connectivity index (χ4n) is 5.30. The van der Waals surface area contributed by atoms with Gasteiger partial charge in [0.15, 0.2) is 0 Å². The second-order valence-electron chi connectivity index (χ2n) is 10.2. The molecule has 0 aromatic heterocycles. The average molecular weight is 559 g/mol. The summed E-state index contributed by atoms with van der Waals surface area (Å²) in [5.41, 5.74) is 10.5. The smallest absolute Gasteiger partial charge is 0.270 e. The van der Waals surface area contributed by atoms with Gasteiger partial charge in [0.2, 0.25) is 6.23 Å². The Labute approximate surface area is 239 Å². The van der Waals surface area contributed by atoms with Crippen molar-refractivity contribution in [2.45, 2.75) is 45.6 Å². The van der Waals surface area contributed by atoms with Crippen LogP contribution in [0.2, 0.25) is 0 Å². The first-order valence-electron chi connectivity index (χ1n) is 13.9. The van der Waals surface area contributed by atoms with Gasteiger partial charge >= 0.3 is 0 Å². The third-order valence-electron chi connectivity index (χ3n) is 7.53. The molecule has 5 rings (SSSR count). The fraction of sp³-hybridized carbons (Fsp3) is 0.323. The van der Waals surface area contributed by atoms with Crippen LogP contribution in [0.4, 0.5) is 15.8 Å². The van der Waals surface area contributed by atoms with Crippen LogP contribution in [-0.4, -0.2) is 48.5 Å². The lowest BCUT2D eigenvalue weighted by atomic mass is 10.1. The van der Waals surface area contributed by atoms with E-state index in [4.69, 9.17) is 15.9 Å². The van der Waals surface area contributed by atoms with Crippen molar-refractivity contribution < 1.29 is 18.7 Å². The van der Waals surface area contributed by atoms with E-state index in [1.165, 1.54) is 11.0 Å². The first-order valence-corrected chi connectivity index (χ1v) is 13.9. The molecular weight excluding hydrogens is 523 g/mol. The largest absolute Gasteiger partial charge is 0.384 e. The Hall–Kier alpha value is -4.44. The number of anilines is 2. The van der Waals surface area contributed by atoms with E-state index in [1.807, 2.05) is 18.2 Å². The monoisotopic (exact) mass is 558 g/mol. The number of nitrogens with zero attached hydrogens (tertiary/aromatic N) is 2. The highest BCUT2D eigenvalue weighted by atomic mass is 19.1. The lowest BCUT2D eigenvalue weighted by Crippen LogP contribution is -2.48. The molecule has 0 aliphatic carbocycles. The van der Waals surface area contributed by atoms with Crippen LogP contribution in [0, 0.1) is 11.2 Å². The Morgan fingerprint density at radius 3 is 2.59 bits per heavy atom. The molecule has 2 aliphatic heterocycles. The maximum absolute atomic E-state index is 14.2. The number of amidine groups is 1. The van der Waals surface area contributed by atoms with E-state index in [0.717, 1.165) is 37.2 Å². The summed E-state index contributed by atoms with van der Waals surface area (Å²) in [6.45, 7) is 4.60. The van der Waals surface area contributed by atoms with Crippen LogP contribution >= 0.6 is 0 Å². The molecule has 214 valence electrons. The predicted octanol–water partition coefficient (Wildman–Crippen LogP) is 3.96. The van der Waals surface area contributed by atoms with E-state index >= 15 is 0 Å². The minimum absolute atomic E-state index is 0.106. The molecule has 9 nitrogen and oxygen atoms in total. The first kappa shape index (κ1) is 28.1. The van der Waals surface area contributed by atoms with Crippen LogP contribution in [0.25, 0.3) is 0 Å². The van der Waals surface area contributed by atoms with E-state index in [1.54, 1.807) is 43.3 Å². The number of hydrogen-bond donors (Lipinski definition) is 4. The van der Waals surface area contributed by atoms with Crippen molar-refractivity contribution in [3.8, 4) is 0 Å². The van der Waals surface area contributed by atoms with Crippen LogP contribution in [-0.2, 0) is 29.2 Å². The number of carbonyl (C=O) groups excluding carboxylic acids is 2. The summed E-state index contributed by atoms with van der Waals surface area (Å²) >= 11 is 0. The molecule has 3 aromatic carbocycles. The zero-order valence-electron chi connectivity index (χ0n) is 23.1. The van der Waals surface area contributed by atoms with Gasteiger partial charge in [0.05, 0.1) is 0 Å². The van der Waals surface area contributed by atoms with Gasteiger partial charge in [-0.1, -0.05) is 36.4 Å². The highest BCUT2D eigenvalue weighted by Crippen LogP contribution is 2.30. The molecule has 0 saturated carbocycles. The van der Waals surface area contributed by atoms with Crippen molar-refractivity contribution in [2.24, 2.45) is 5.73 Å². The van der Waals surface area contributed by atoms with Crippen molar-refractivity contribution >= 4 is 29.0 Å². The zero-order valence-corrected chi connectivity index (χ0v) is 23.1. The van der Waals surface area contributed by atoms with Gasteiger partial charge in [0.25, 0.3) is 11.8 Å². The molecule has 1 atom stereocenters. The van der Waals surface area contributed by atoms with Crippen molar-refractivity contribution in [1.29, 1.82) is 5.41 Å². The summed E-state index contributed by atoms with van der Waals surface area (Å²) in [5, 5.41) is 13.9. The van der Waals surface area contributed by atoms with Crippen molar-refractivity contribution in [2.75, 3.05) is 29.9 Å². The van der Waals surface area contributed by atoms with Gasteiger partial charge in [0.1, 0.15) is 11.7 Å². The molecule has 1 fully saturated rings. The molecule has 0 spiro atoms. The maximum atomic E-state index is 14.2. The van der Waals surface area contributed by atoms with Gasteiger partial charge in [0, 0.05) is 67.4 Å². The van der Waals surface area contributed by atoms with Crippen LogP contribution in [0.15, 0.2) is 60.7 Å². The molecule has 0 bridgehead atoms. The Balaban J connectivity index is 1.30. The van der Waals surface area contributed by atoms with E-state index in [0.29, 0.717) is 27.9 Å². The number of rotatable bonds is 11. The summed E-state index contributed by atoms with van der Waals surface area (Å²) in [7, 11) is 0. The number of halogens is 1. The Bertz CT molecular complexity index is 1460. The number of nitrogens with two attached hydrogens (primary N) is 1. The second kappa shape index (κ2) is 12.4. The number of ether oxygens (including phenoxy) is 1. The number of carbonyl (C=O) groups is 2. The number of nitrogens with one attached hydrogen (secondary N) is 3. The summed E-state index contributed by atoms with van der Waals surface area (Å²) in [6.07, 6.45) is 1.19. The van der Waals surface area contributed by atoms with Gasteiger partial charge < -0.3 is 30.9 Å². The molecule has 3 aromatic rings. The van der Waals surface area contributed by atoms with E-state index in [9.17, 15) is 14.0 Å². The van der Waals surface area contributed by atoms with Crippen molar-refractivity contribution in [3.63, 3.8) is 0 Å². The molecule has 2 amide bonds. The summed E-state index contributed by atoms with van der Waals surface area (Å²) in [5.74, 6) is -1.11. The third kappa shape index (κ3) is 6.17. The second-order valence-corrected chi connectivity index (χ2v) is 10.2. The van der Waals surface area contributed by atoms with Gasteiger partial charge in [-0.25, -0.2) is 4.39 Å². The Morgan fingerprint density at radius 2 is 1.85 bits per heavy atom. The highest BCUT2D eigenvalue weighted by molar-refractivity contribution is 6.01. The fourth-order valence-corrected chi connectivity index (χ4v) is 5.30. The molecule has 5 N–H and O–H groups in total. The highest BCUT2D eigenvalue weighted by Gasteiger charge is 2.37. The molecule has 2 aliphatic rings. The quantitative estimate of drug-likeness (QED) is 0.209. The minimum atomic E-state index is -1.10. The molecule has 1 saturated heterocycles. The SMILES string of the molecule is CCOC(C(=O)NCc1ccc(C(=N)N)cc1NCc1ccccc1F)N1Cc2ccc(N3CCCC3)cc2C1=O. The number of amides is 2. The van der Waals surface area contributed by atoms with Crippen LogP contribution < -0.4 is 21.3 Å². The van der Waals surface area contributed by atoms with Crippen LogP contribution in [0.5, 0.6) is 0 Å². The van der Waals surface area contributed by atoms with Crippen molar-refractivity contribution in [3.05, 3.63) is 94.3 Å². The number of fused-ring (bicyclic) bond motifs is 1. The summed E-state index contributed by atoms with van der Waals surface area (Å²) in [6, 6.07) is 17.5. The lowest BCUT2D eigenvalue weighted by molar-refractivity contribution is -0.143. The topological polar surface area (TPSA) is 124 Å². The summed E-state index contributed by atoms with van der Waals surface area (Å²) < 4.78 is 20.0. The minimum Gasteiger partial charge on any atom is -0.384 e. The van der Waals surface area contributed by atoms with Gasteiger partial charge in [-0.05, 0) is 55.2 Å². The van der Waals surface area contributed by atoms with Gasteiger partial charge in [-0.3, -0.25) is 15.0 Å². The molecular formula is C31H35FN6O3. The standard InChI is InChI=1S/C31H35FN6O3/c1-2-41-31(38-19-23-11-12-24(16-25(23)30(38)40)37-13-5-6-14-37)29(39)36-18-22-10-9-20(28(33)34)15-27(22)35-17-21-7-3-4-8-26(21)32/h3-4,7-12,15-16,31,35H,2,5-6,13-14,17-19H2,1H3,(H3,33,34)(H,36,39). The van der Waals surface area contributed by atoms with Gasteiger partial charge in [-0.2, -0.15) is 0 Å². The maximum Gasteiger partial charge on any atom is 0.270 e. The first-order chi connectivity index (χ1) is 19.9. The molecule has 10 heteroatoms. The molecule has 2 heterocycles. The zero-order chi connectivity index (χ0) is 28.9. The number of nitrogen functional groups attached to an aromatic ring is 1. The molecule has 1 unspecified atom stereocenters. The Morgan fingerprint density at radius 1 is 1.07 bits per heavy atom. The normalized spacial score (nSPS) is 15.1. The third-order valence-corrected chi connectivity index (χ3v) is 7.53. The number of benzene rings is 3. The Kier molecular flexibility index (Phi) is 8.49.